The molecule has 0 saturated heterocycles. The first kappa shape index (κ1) is 21.5. The summed E-state index contributed by atoms with van der Waals surface area (Å²) in [7, 11) is 0. The Morgan fingerprint density at radius 2 is 1.15 bits per heavy atom. The van der Waals surface area contributed by atoms with Gasteiger partial charge in [-0.2, -0.15) is 0 Å². The molecule has 0 aliphatic rings. The van der Waals surface area contributed by atoms with E-state index in [1.54, 1.807) is 12.2 Å². The molecular weight excluding hydrogens is 320 g/mol. The van der Waals surface area contributed by atoms with Crippen LogP contribution in [0.4, 0.5) is 0 Å². The number of rotatable bonds is 6. The van der Waals surface area contributed by atoms with Crippen LogP contribution in [-0.2, 0) is 0 Å². The predicted octanol–water partition coefficient (Wildman–Crippen LogP) is 5.61. The van der Waals surface area contributed by atoms with Crippen LogP contribution in [0.25, 0.3) is 0 Å². The molecule has 0 atom stereocenters. The van der Waals surface area contributed by atoms with Crippen LogP contribution >= 0.6 is 0 Å². The lowest BCUT2D eigenvalue weighted by Gasteiger charge is -2.13. The van der Waals surface area contributed by atoms with Crippen molar-refractivity contribution in [3.63, 3.8) is 0 Å². The third kappa shape index (κ3) is 8.00. The molecule has 0 fully saturated rings. The lowest BCUT2D eigenvalue weighted by atomic mass is 9.96. The fourth-order valence-electron chi connectivity index (χ4n) is 1.80. The second-order valence-electron chi connectivity index (χ2n) is 8.04. The normalized spacial score (nSPS) is 10.7. The largest absolute Gasteiger partial charge is 0.488 e. The summed E-state index contributed by atoms with van der Waals surface area (Å²) in [5, 5.41) is 0. The van der Waals surface area contributed by atoms with E-state index in [0.29, 0.717) is 24.7 Å². The maximum absolute atomic E-state index is 5.80. The fourth-order valence-corrected chi connectivity index (χ4v) is 1.80. The summed E-state index contributed by atoms with van der Waals surface area (Å²) in [6.45, 7) is 20.7. The van der Waals surface area contributed by atoms with Crippen LogP contribution in [0.3, 0.4) is 0 Å². The zero-order valence-electron chi connectivity index (χ0n) is 17.0. The van der Waals surface area contributed by atoms with Gasteiger partial charge in [-0.05, 0) is 47.6 Å². The second-order valence-corrected chi connectivity index (χ2v) is 8.04. The van der Waals surface area contributed by atoms with Gasteiger partial charge in [0, 0.05) is 16.9 Å². The Labute approximate surface area is 159 Å². The van der Waals surface area contributed by atoms with Crippen LogP contribution in [-0.4, -0.2) is 13.2 Å². The monoisotopic (exact) mass is 350 g/mol. The maximum atomic E-state index is 5.80. The summed E-state index contributed by atoms with van der Waals surface area (Å²) in [6.07, 6.45) is 3.41. The fraction of sp³-hybridized carbons (Fsp3) is 0.417. The highest BCUT2D eigenvalue weighted by molar-refractivity contribution is 5.59. The van der Waals surface area contributed by atoms with E-state index < -0.39 is 0 Å². The van der Waals surface area contributed by atoms with Gasteiger partial charge < -0.3 is 9.47 Å². The molecule has 0 bridgehead atoms. The van der Waals surface area contributed by atoms with Gasteiger partial charge in [0.05, 0.1) is 11.1 Å². The van der Waals surface area contributed by atoms with Crippen LogP contribution in [0.15, 0.2) is 37.4 Å². The molecule has 0 spiro atoms. The Balaban J connectivity index is 3.52. The topological polar surface area (TPSA) is 18.5 Å². The van der Waals surface area contributed by atoms with Crippen molar-refractivity contribution < 1.29 is 9.47 Å². The van der Waals surface area contributed by atoms with Crippen LogP contribution < -0.4 is 9.47 Å². The minimum atomic E-state index is -0.106. The Bertz CT molecular complexity index is 700. The van der Waals surface area contributed by atoms with E-state index in [0.717, 1.165) is 11.1 Å². The van der Waals surface area contributed by atoms with Crippen molar-refractivity contribution in [1.82, 2.24) is 0 Å². The van der Waals surface area contributed by atoms with Crippen molar-refractivity contribution in [2.75, 3.05) is 13.2 Å². The molecule has 0 aliphatic carbocycles. The highest BCUT2D eigenvalue weighted by Crippen LogP contribution is 2.30. The molecule has 0 aromatic heterocycles. The standard InChI is InChI=1S/C24H30O2/c1-9-15-25-21-18-22(26-16-10-2)20(12-14-24(6,7)8)17-19(21)11-13-23(3,4)5/h9-10,17-18H,1-2,15-16H2,3-8H3. The van der Waals surface area contributed by atoms with Crippen LogP contribution in [0, 0.1) is 34.5 Å². The van der Waals surface area contributed by atoms with Crippen molar-refractivity contribution >= 4 is 0 Å². The lowest BCUT2D eigenvalue weighted by molar-refractivity contribution is 0.343. The summed E-state index contributed by atoms with van der Waals surface area (Å²) >= 11 is 0. The average molecular weight is 351 g/mol. The van der Waals surface area contributed by atoms with Crippen molar-refractivity contribution in [2.24, 2.45) is 10.8 Å². The third-order valence-electron chi connectivity index (χ3n) is 2.94. The van der Waals surface area contributed by atoms with Crippen LogP contribution in [0.2, 0.25) is 0 Å². The average Bonchev–Trinajstić information content (AvgIpc) is 2.53. The van der Waals surface area contributed by atoms with Gasteiger partial charge in [-0.3, -0.25) is 0 Å². The first-order valence-electron chi connectivity index (χ1n) is 8.77. The highest BCUT2D eigenvalue weighted by atomic mass is 16.5. The van der Waals surface area contributed by atoms with Gasteiger partial charge in [0.1, 0.15) is 24.7 Å². The van der Waals surface area contributed by atoms with Gasteiger partial charge >= 0.3 is 0 Å². The van der Waals surface area contributed by atoms with Gasteiger partial charge in [0.25, 0.3) is 0 Å². The van der Waals surface area contributed by atoms with E-state index in [-0.39, 0.29) is 10.8 Å². The van der Waals surface area contributed by atoms with Gasteiger partial charge in [0.15, 0.2) is 0 Å². The summed E-state index contributed by atoms with van der Waals surface area (Å²) in [6, 6.07) is 3.79. The van der Waals surface area contributed by atoms with Crippen LogP contribution in [0.1, 0.15) is 52.7 Å². The van der Waals surface area contributed by atoms with Gasteiger partial charge in [0.2, 0.25) is 0 Å². The van der Waals surface area contributed by atoms with Gasteiger partial charge in [-0.15, -0.1) is 0 Å². The predicted molar refractivity (Wildman–Crippen MR) is 110 cm³/mol. The van der Waals surface area contributed by atoms with Crippen molar-refractivity contribution in [1.29, 1.82) is 0 Å². The molecule has 1 aromatic rings. The molecule has 138 valence electrons. The van der Waals surface area contributed by atoms with Crippen LogP contribution in [0.5, 0.6) is 11.5 Å². The van der Waals surface area contributed by atoms with E-state index in [9.17, 15) is 0 Å². The van der Waals surface area contributed by atoms with E-state index in [1.165, 1.54) is 0 Å². The summed E-state index contributed by atoms with van der Waals surface area (Å²) < 4.78 is 11.6. The second kappa shape index (κ2) is 9.21. The Hall–Kier alpha value is -2.58. The molecule has 0 N–H and O–H groups in total. The molecule has 1 rings (SSSR count). The Morgan fingerprint density at radius 3 is 1.46 bits per heavy atom. The van der Waals surface area contributed by atoms with Gasteiger partial charge in [-0.25, -0.2) is 0 Å². The molecule has 0 radical (unpaired) electrons. The number of hydrogen-bond donors (Lipinski definition) is 0. The molecule has 26 heavy (non-hydrogen) atoms. The summed E-state index contributed by atoms with van der Waals surface area (Å²) in [4.78, 5) is 0. The highest BCUT2D eigenvalue weighted by Gasteiger charge is 2.12. The lowest BCUT2D eigenvalue weighted by Crippen LogP contribution is -2.03. The molecule has 0 unspecified atom stereocenters. The molecule has 2 heteroatoms. The molecular formula is C24H30O2. The Kier molecular flexibility index (Phi) is 7.60. The van der Waals surface area contributed by atoms with E-state index >= 15 is 0 Å². The summed E-state index contributed by atoms with van der Waals surface area (Å²) in [5.74, 6) is 14.3. The van der Waals surface area contributed by atoms with Crippen molar-refractivity contribution in [2.45, 2.75) is 41.5 Å². The SMILES string of the molecule is C=CCOc1cc(OCC=C)c(C#CC(C)(C)C)cc1C#CC(C)(C)C. The maximum Gasteiger partial charge on any atom is 0.139 e. The molecule has 0 aliphatic heterocycles. The number of ether oxygens (including phenoxy) is 2. The van der Waals surface area contributed by atoms with E-state index in [2.05, 4.69) is 78.4 Å². The van der Waals surface area contributed by atoms with Crippen molar-refractivity contribution in [3.05, 3.63) is 48.6 Å². The molecule has 2 nitrogen and oxygen atoms in total. The first-order chi connectivity index (χ1) is 12.1. The minimum absolute atomic E-state index is 0.106. The molecule has 1 aromatic carbocycles. The number of hydrogen-bond acceptors (Lipinski definition) is 2. The smallest absolute Gasteiger partial charge is 0.139 e. The summed E-state index contributed by atoms with van der Waals surface area (Å²) in [5.41, 5.74) is 1.38. The minimum Gasteiger partial charge on any atom is -0.488 e. The first-order valence-corrected chi connectivity index (χ1v) is 8.77. The quantitative estimate of drug-likeness (QED) is 0.490. The van der Waals surface area contributed by atoms with E-state index in [1.807, 2.05) is 12.1 Å². The van der Waals surface area contributed by atoms with Crippen molar-refractivity contribution in [3.8, 4) is 35.2 Å². The molecule has 0 saturated carbocycles. The molecule has 0 heterocycles. The van der Waals surface area contributed by atoms with Gasteiger partial charge in [-0.1, -0.05) is 49.0 Å². The molecule has 0 amide bonds. The zero-order valence-corrected chi connectivity index (χ0v) is 17.0. The zero-order chi connectivity index (χ0) is 19.8. The van der Waals surface area contributed by atoms with E-state index in [4.69, 9.17) is 9.47 Å². The number of benzene rings is 1. The third-order valence-corrected chi connectivity index (χ3v) is 2.94. The Morgan fingerprint density at radius 1 is 0.769 bits per heavy atom.